The number of anilines is 2. The SMILES string of the molecule is COCCn1cnnc1C(C)Nc1nc(N)nc2c1CCNC2=O. The fourth-order valence-corrected chi connectivity index (χ4v) is 2.66. The van der Waals surface area contributed by atoms with Crippen LogP contribution in [0.4, 0.5) is 11.8 Å². The minimum atomic E-state index is -0.232. The summed E-state index contributed by atoms with van der Waals surface area (Å²) in [6.45, 7) is 3.71. The highest BCUT2D eigenvalue weighted by Crippen LogP contribution is 2.24. The third kappa shape index (κ3) is 3.13. The maximum Gasteiger partial charge on any atom is 0.270 e. The number of fused-ring (bicyclic) bond motifs is 1. The molecule has 24 heavy (non-hydrogen) atoms. The summed E-state index contributed by atoms with van der Waals surface area (Å²) >= 11 is 0. The van der Waals surface area contributed by atoms with Crippen LogP contribution in [0.2, 0.25) is 0 Å². The van der Waals surface area contributed by atoms with Crippen molar-refractivity contribution in [2.45, 2.75) is 25.9 Å². The van der Waals surface area contributed by atoms with E-state index in [4.69, 9.17) is 10.5 Å². The standard InChI is InChI=1S/C14H20N8O2/c1-8(12-21-17-7-22(12)5-6-24-2)18-11-9-3-4-16-13(23)10(9)19-14(15)20-11/h7-8H,3-6H2,1-2H3,(H,16,23)(H3,15,18,19,20). The molecule has 4 N–H and O–H groups in total. The van der Waals surface area contributed by atoms with E-state index in [1.54, 1.807) is 13.4 Å². The maximum atomic E-state index is 12.0. The number of amides is 1. The zero-order chi connectivity index (χ0) is 17.1. The van der Waals surface area contributed by atoms with Crippen LogP contribution in [-0.4, -0.2) is 50.9 Å². The lowest BCUT2D eigenvalue weighted by Gasteiger charge is -2.21. The van der Waals surface area contributed by atoms with Crippen molar-refractivity contribution in [3.8, 4) is 0 Å². The molecule has 0 aromatic carbocycles. The molecular formula is C14H20N8O2. The third-order valence-corrected chi connectivity index (χ3v) is 3.82. The zero-order valence-electron chi connectivity index (χ0n) is 13.6. The molecule has 10 heteroatoms. The van der Waals surface area contributed by atoms with Gasteiger partial charge in [0.15, 0.2) is 5.82 Å². The Morgan fingerprint density at radius 2 is 2.33 bits per heavy atom. The van der Waals surface area contributed by atoms with Crippen LogP contribution in [0.1, 0.15) is 34.8 Å². The first-order valence-electron chi connectivity index (χ1n) is 7.68. The van der Waals surface area contributed by atoms with Crippen LogP contribution < -0.4 is 16.4 Å². The van der Waals surface area contributed by atoms with E-state index in [0.29, 0.717) is 37.6 Å². The van der Waals surface area contributed by atoms with Crippen LogP contribution in [0.25, 0.3) is 0 Å². The van der Waals surface area contributed by atoms with E-state index < -0.39 is 0 Å². The van der Waals surface area contributed by atoms with Crippen LogP contribution in [0, 0.1) is 0 Å². The van der Waals surface area contributed by atoms with Gasteiger partial charge in [-0.2, -0.15) is 4.98 Å². The normalized spacial score (nSPS) is 14.8. The summed E-state index contributed by atoms with van der Waals surface area (Å²) in [4.78, 5) is 20.3. The smallest absolute Gasteiger partial charge is 0.270 e. The van der Waals surface area contributed by atoms with Gasteiger partial charge in [0.05, 0.1) is 12.6 Å². The molecule has 1 aliphatic heterocycles. The summed E-state index contributed by atoms with van der Waals surface area (Å²) in [5, 5.41) is 14.1. The van der Waals surface area contributed by atoms with E-state index in [1.807, 2.05) is 11.5 Å². The lowest BCUT2D eigenvalue weighted by atomic mass is 10.1. The van der Waals surface area contributed by atoms with E-state index in [9.17, 15) is 4.79 Å². The van der Waals surface area contributed by atoms with Gasteiger partial charge >= 0.3 is 0 Å². The molecule has 1 unspecified atom stereocenters. The molecule has 128 valence electrons. The van der Waals surface area contributed by atoms with E-state index in [-0.39, 0.29) is 17.9 Å². The molecule has 3 rings (SSSR count). The Hall–Kier alpha value is -2.75. The van der Waals surface area contributed by atoms with E-state index >= 15 is 0 Å². The predicted octanol–water partition coefficient (Wildman–Crippen LogP) is -0.244. The molecule has 0 radical (unpaired) electrons. The molecule has 1 amide bonds. The number of rotatable bonds is 6. The summed E-state index contributed by atoms with van der Waals surface area (Å²) in [7, 11) is 1.65. The first-order chi connectivity index (χ1) is 11.6. The highest BCUT2D eigenvalue weighted by molar-refractivity contribution is 5.96. The minimum absolute atomic E-state index is 0.0568. The molecule has 2 aromatic rings. The maximum absolute atomic E-state index is 12.0. The van der Waals surface area contributed by atoms with Crippen molar-refractivity contribution in [1.29, 1.82) is 0 Å². The van der Waals surface area contributed by atoms with Crippen LogP contribution in [-0.2, 0) is 17.7 Å². The van der Waals surface area contributed by atoms with E-state index in [1.165, 1.54) is 0 Å². The highest BCUT2D eigenvalue weighted by atomic mass is 16.5. The number of ether oxygens (including phenoxy) is 1. The summed E-state index contributed by atoms with van der Waals surface area (Å²) in [6, 6.07) is -0.173. The summed E-state index contributed by atoms with van der Waals surface area (Å²) in [6.07, 6.45) is 2.30. The first kappa shape index (κ1) is 16.1. The van der Waals surface area contributed by atoms with E-state index in [0.717, 1.165) is 11.4 Å². The average molecular weight is 332 g/mol. The molecule has 0 bridgehead atoms. The topological polar surface area (TPSA) is 133 Å². The Bertz CT molecular complexity index is 744. The van der Waals surface area contributed by atoms with Gasteiger partial charge in [0.25, 0.3) is 5.91 Å². The fourth-order valence-electron chi connectivity index (χ4n) is 2.66. The van der Waals surface area contributed by atoms with Gasteiger partial charge < -0.3 is 25.7 Å². The van der Waals surface area contributed by atoms with Gasteiger partial charge in [0.1, 0.15) is 17.8 Å². The molecule has 0 spiro atoms. The van der Waals surface area contributed by atoms with Gasteiger partial charge in [-0.1, -0.05) is 0 Å². The minimum Gasteiger partial charge on any atom is -0.383 e. The van der Waals surface area contributed by atoms with Crippen molar-refractivity contribution in [1.82, 2.24) is 30.0 Å². The molecule has 3 heterocycles. The number of nitrogens with one attached hydrogen (secondary N) is 2. The Balaban J connectivity index is 1.86. The lowest BCUT2D eigenvalue weighted by Crippen LogP contribution is -2.34. The van der Waals surface area contributed by atoms with Gasteiger partial charge in [-0.15, -0.1) is 10.2 Å². The van der Waals surface area contributed by atoms with Crippen molar-refractivity contribution in [2.75, 3.05) is 31.3 Å². The van der Waals surface area contributed by atoms with Crippen LogP contribution in [0.15, 0.2) is 6.33 Å². The predicted molar refractivity (Wildman–Crippen MR) is 86.4 cm³/mol. The van der Waals surface area contributed by atoms with Crippen LogP contribution in [0.5, 0.6) is 0 Å². The zero-order valence-corrected chi connectivity index (χ0v) is 13.6. The van der Waals surface area contributed by atoms with Crippen LogP contribution in [0.3, 0.4) is 0 Å². The highest BCUT2D eigenvalue weighted by Gasteiger charge is 2.24. The van der Waals surface area contributed by atoms with Crippen molar-refractivity contribution in [3.05, 3.63) is 23.4 Å². The average Bonchev–Trinajstić information content (AvgIpc) is 3.02. The third-order valence-electron chi connectivity index (χ3n) is 3.82. The van der Waals surface area contributed by atoms with Gasteiger partial charge in [-0.3, -0.25) is 4.79 Å². The molecule has 1 atom stereocenters. The van der Waals surface area contributed by atoms with Gasteiger partial charge in [0.2, 0.25) is 5.95 Å². The molecule has 10 nitrogen and oxygen atoms in total. The Morgan fingerprint density at radius 3 is 3.12 bits per heavy atom. The second-order valence-corrected chi connectivity index (χ2v) is 5.50. The monoisotopic (exact) mass is 332 g/mol. The van der Waals surface area contributed by atoms with Crippen LogP contribution >= 0.6 is 0 Å². The number of methoxy groups -OCH3 is 1. The van der Waals surface area contributed by atoms with Gasteiger partial charge in [0, 0.05) is 25.8 Å². The van der Waals surface area contributed by atoms with E-state index in [2.05, 4.69) is 30.8 Å². The molecule has 0 saturated carbocycles. The Morgan fingerprint density at radius 1 is 1.50 bits per heavy atom. The number of aromatic nitrogens is 5. The second kappa shape index (κ2) is 6.79. The second-order valence-electron chi connectivity index (χ2n) is 5.50. The molecular weight excluding hydrogens is 312 g/mol. The van der Waals surface area contributed by atoms with Crippen molar-refractivity contribution >= 4 is 17.7 Å². The van der Waals surface area contributed by atoms with Gasteiger partial charge in [-0.05, 0) is 13.3 Å². The molecule has 0 aliphatic carbocycles. The Labute approximate surface area is 138 Å². The number of nitrogens with zero attached hydrogens (tertiary/aromatic N) is 5. The molecule has 2 aromatic heterocycles. The quantitative estimate of drug-likeness (QED) is 0.660. The Kier molecular flexibility index (Phi) is 4.56. The first-order valence-corrected chi connectivity index (χ1v) is 7.68. The number of carbonyl (C=O) groups excluding carboxylic acids is 1. The fraction of sp³-hybridized carbons (Fsp3) is 0.500. The largest absolute Gasteiger partial charge is 0.383 e. The van der Waals surface area contributed by atoms with Crippen molar-refractivity contribution < 1.29 is 9.53 Å². The summed E-state index contributed by atoms with van der Waals surface area (Å²) < 4.78 is 7.00. The molecule has 1 aliphatic rings. The molecule has 0 saturated heterocycles. The van der Waals surface area contributed by atoms with Crippen molar-refractivity contribution in [3.63, 3.8) is 0 Å². The number of hydrogen-bond donors (Lipinski definition) is 3. The van der Waals surface area contributed by atoms with Gasteiger partial charge in [-0.25, -0.2) is 4.98 Å². The number of nitrogen functional groups attached to an aromatic ring is 1. The number of carbonyl (C=O) groups is 1. The number of hydrogen-bond acceptors (Lipinski definition) is 8. The lowest BCUT2D eigenvalue weighted by molar-refractivity contribution is 0.0940. The number of nitrogens with two attached hydrogens (primary N) is 1. The van der Waals surface area contributed by atoms with Crippen molar-refractivity contribution in [2.24, 2.45) is 0 Å². The summed E-state index contributed by atoms with van der Waals surface area (Å²) in [5.74, 6) is 1.13. The molecule has 0 fully saturated rings. The summed E-state index contributed by atoms with van der Waals surface area (Å²) in [5.41, 5.74) is 6.83.